The van der Waals surface area contributed by atoms with E-state index >= 15 is 0 Å². The highest BCUT2D eigenvalue weighted by Crippen LogP contribution is 2.26. The summed E-state index contributed by atoms with van der Waals surface area (Å²) in [5.74, 6) is 0.463. The van der Waals surface area contributed by atoms with E-state index in [0.717, 1.165) is 5.56 Å². The topological polar surface area (TPSA) is 66.7 Å². The lowest BCUT2D eigenvalue weighted by Crippen LogP contribution is -2.51. The van der Waals surface area contributed by atoms with Crippen LogP contribution in [-0.2, 0) is 4.79 Å². The van der Waals surface area contributed by atoms with Crippen LogP contribution in [0.15, 0.2) is 40.9 Å². The highest BCUT2D eigenvalue weighted by Gasteiger charge is 2.33. The summed E-state index contributed by atoms with van der Waals surface area (Å²) < 4.78 is 4.99. The van der Waals surface area contributed by atoms with E-state index in [4.69, 9.17) is 4.52 Å². The molecule has 1 aromatic heterocycles. The second-order valence-corrected chi connectivity index (χ2v) is 5.71. The van der Waals surface area contributed by atoms with E-state index in [2.05, 4.69) is 5.16 Å². The van der Waals surface area contributed by atoms with Crippen LogP contribution in [0, 0.1) is 6.92 Å². The maximum absolute atomic E-state index is 12.6. The summed E-state index contributed by atoms with van der Waals surface area (Å²) in [7, 11) is 0. The first-order valence-corrected chi connectivity index (χ1v) is 7.61. The number of carbonyl (C=O) groups excluding carboxylic acids is 2. The molecule has 2 heterocycles. The number of amides is 2. The zero-order chi connectivity index (χ0) is 16.4. The Morgan fingerprint density at radius 3 is 2.57 bits per heavy atom. The lowest BCUT2D eigenvalue weighted by molar-refractivity contribution is -0.133. The number of rotatable bonds is 2. The number of hydrogen-bond acceptors (Lipinski definition) is 4. The van der Waals surface area contributed by atoms with Crippen LogP contribution < -0.4 is 0 Å². The van der Waals surface area contributed by atoms with Crippen LogP contribution in [0.3, 0.4) is 0 Å². The first kappa shape index (κ1) is 15.3. The molecule has 2 aromatic rings. The van der Waals surface area contributed by atoms with Crippen molar-refractivity contribution in [3.63, 3.8) is 0 Å². The zero-order valence-corrected chi connectivity index (χ0v) is 13.2. The Morgan fingerprint density at radius 2 is 1.96 bits per heavy atom. The Bertz CT molecular complexity index is 711. The van der Waals surface area contributed by atoms with Gasteiger partial charge in [0.05, 0.1) is 6.04 Å². The highest BCUT2D eigenvalue weighted by molar-refractivity contribution is 5.92. The van der Waals surface area contributed by atoms with Crippen molar-refractivity contribution in [1.82, 2.24) is 15.0 Å². The van der Waals surface area contributed by atoms with Crippen LogP contribution in [-0.4, -0.2) is 46.4 Å². The maximum atomic E-state index is 12.6. The first-order valence-electron chi connectivity index (χ1n) is 7.61. The number of aryl methyl sites for hydroxylation is 1. The number of hydrogen-bond donors (Lipinski definition) is 0. The first-order chi connectivity index (χ1) is 11.1. The molecule has 120 valence electrons. The minimum Gasteiger partial charge on any atom is -0.361 e. The Labute approximate surface area is 134 Å². The Hall–Kier alpha value is -2.63. The van der Waals surface area contributed by atoms with Crippen molar-refractivity contribution in [3.05, 3.63) is 53.4 Å². The van der Waals surface area contributed by atoms with Crippen molar-refractivity contribution in [2.24, 2.45) is 0 Å². The number of aromatic nitrogens is 1. The molecule has 0 unspecified atom stereocenters. The monoisotopic (exact) mass is 313 g/mol. The molecule has 0 spiro atoms. The summed E-state index contributed by atoms with van der Waals surface area (Å²) in [6, 6.07) is 11.3. The molecule has 0 N–H and O–H groups in total. The van der Waals surface area contributed by atoms with Crippen LogP contribution >= 0.6 is 0 Å². The largest absolute Gasteiger partial charge is 0.361 e. The van der Waals surface area contributed by atoms with E-state index in [0.29, 0.717) is 31.1 Å². The van der Waals surface area contributed by atoms with Gasteiger partial charge in [-0.3, -0.25) is 9.59 Å². The Balaban J connectivity index is 1.84. The second-order valence-electron chi connectivity index (χ2n) is 5.71. The fraction of sp³-hybridized carbons (Fsp3) is 0.353. The maximum Gasteiger partial charge on any atom is 0.276 e. The van der Waals surface area contributed by atoms with Crippen molar-refractivity contribution in [2.75, 3.05) is 19.6 Å². The molecule has 1 aliphatic heterocycles. The van der Waals surface area contributed by atoms with Crippen molar-refractivity contribution >= 4 is 11.8 Å². The lowest BCUT2D eigenvalue weighted by atomic mass is 10.0. The van der Waals surface area contributed by atoms with Gasteiger partial charge in [-0.05, 0) is 12.5 Å². The van der Waals surface area contributed by atoms with Gasteiger partial charge < -0.3 is 14.3 Å². The summed E-state index contributed by atoms with van der Waals surface area (Å²) in [6.07, 6.45) is 0. The van der Waals surface area contributed by atoms with E-state index in [1.54, 1.807) is 24.8 Å². The van der Waals surface area contributed by atoms with E-state index in [-0.39, 0.29) is 17.9 Å². The molecular formula is C17H19N3O3. The molecule has 1 saturated heterocycles. The van der Waals surface area contributed by atoms with Gasteiger partial charge in [0.25, 0.3) is 5.91 Å². The van der Waals surface area contributed by atoms with Gasteiger partial charge in [-0.2, -0.15) is 0 Å². The van der Waals surface area contributed by atoms with Crippen LogP contribution in [0.2, 0.25) is 0 Å². The molecule has 0 bridgehead atoms. The third-order valence-corrected chi connectivity index (χ3v) is 4.10. The van der Waals surface area contributed by atoms with Crippen LogP contribution in [0.4, 0.5) is 0 Å². The SMILES string of the molecule is CC(=O)N1CCN(C(=O)c2cc(C)on2)C[C@@H]1c1ccccc1. The average Bonchev–Trinajstić information content (AvgIpc) is 3.01. The third kappa shape index (κ3) is 3.11. The van der Waals surface area contributed by atoms with Gasteiger partial charge in [0, 0.05) is 32.6 Å². The molecule has 0 radical (unpaired) electrons. The molecule has 1 aromatic carbocycles. The van der Waals surface area contributed by atoms with Crippen molar-refractivity contribution < 1.29 is 14.1 Å². The van der Waals surface area contributed by atoms with Crippen molar-refractivity contribution in [1.29, 1.82) is 0 Å². The summed E-state index contributed by atoms with van der Waals surface area (Å²) in [5, 5.41) is 3.80. The smallest absolute Gasteiger partial charge is 0.276 e. The van der Waals surface area contributed by atoms with Gasteiger partial charge in [-0.15, -0.1) is 0 Å². The fourth-order valence-corrected chi connectivity index (χ4v) is 2.93. The van der Waals surface area contributed by atoms with Crippen molar-refractivity contribution in [2.45, 2.75) is 19.9 Å². The van der Waals surface area contributed by atoms with E-state index in [1.165, 1.54) is 0 Å². The third-order valence-electron chi connectivity index (χ3n) is 4.10. The molecule has 0 saturated carbocycles. The van der Waals surface area contributed by atoms with Crippen LogP contribution in [0.25, 0.3) is 0 Å². The predicted molar refractivity (Wildman–Crippen MR) is 83.7 cm³/mol. The minimum atomic E-state index is -0.161. The number of benzene rings is 1. The van der Waals surface area contributed by atoms with Gasteiger partial charge in [0.1, 0.15) is 5.76 Å². The Morgan fingerprint density at radius 1 is 1.22 bits per heavy atom. The van der Waals surface area contributed by atoms with Gasteiger partial charge in [0.2, 0.25) is 5.91 Å². The number of carbonyl (C=O) groups is 2. The van der Waals surface area contributed by atoms with E-state index in [1.807, 2.05) is 35.2 Å². The van der Waals surface area contributed by atoms with E-state index in [9.17, 15) is 9.59 Å². The molecule has 23 heavy (non-hydrogen) atoms. The standard InChI is InChI=1S/C17H19N3O3/c1-12-10-15(18-23-12)17(22)19-8-9-20(13(2)21)16(11-19)14-6-4-3-5-7-14/h3-7,10,16H,8-9,11H2,1-2H3/t16-/m1/s1. The summed E-state index contributed by atoms with van der Waals surface area (Å²) in [4.78, 5) is 28.0. The molecule has 0 aliphatic carbocycles. The van der Waals surface area contributed by atoms with Crippen LogP contribution in [0.1, 0.15) is 34.8 Å². The molecule has 1 fully saturated rings. The summed E-state index contributed by atoms with van der Waals surface area (Å²) in [6.45, 7) is 4.78. The zero-order valence-electron chi connectivity index (χ0n) is 13.2. The molecule has 1 aliphatic rings. The van der Waals surface area contributed by atoms with Gasteiger partial charge >= 0.3 is 0 Å². The minimum absolute atomic E-state index is 0.0169. The van der Waals surface area contributed by atoms with E-state index < -0.39 is 0 Å². The molecule has 6 heteroatoms. The lowest BCUT2D eigenvalue weighted by Gasteiger charge is -2.41. The number of piperazine rings is 1. The summed E-state index contributed by atoms with van der Waals surface area (Å²) >= 11 is 0. The summed E-state index contributed by atoms with van der Waals surface area (Å²) in [5.41, 5.74) is 1.34. The van der Waals surface area contributed by atoms with Gasteiger partial charge in [-0.25, -0.2) is 0 Å². The second kappa shape index (κ2) is 6.24. The molecule has 2 amide bonds. The molecule has 1 atom stereocenters. The predicted octanol–water partition coefficient (Wildman–Crippen LogP) is 2.03. The molecule has 6 nitrogen and oxygen atoms in total. The average molecular weight is 313 g/mol. The normalized spacial score (nSPS) is 18.1. The molecular weight excluding hydrogens is 294 g/mol. The van der Waals surface area contributed by atoms with Gasteiger partial charge in [0.15, 0.2) is 5.69 Å². The van der Waals surface area contributed by atoms with Crippen molar-refractivity contribution in [3.8, 4) is 0 Å². The van der Waals surface area contributed by atoms with Crippen LogP contribution in [0.5, 0.6) is 0 Å². The fourth-order valence-electron chi connectivity index (χ4n) is 2.93. The quantitative estimate of drug-likeness (QED) is 0.851. The Kier molecular flexibility index (Phi) is 4.14. The molecule has 3 rings (SSSR count). The van der Waals surface area contributed by atoms with Gasteiger partial charge in [-0.1, -0.05) is 35.5 Å². The number of nitrogens with zero attached hydrogens (tertiary/aromatic N) is 3. The highest BCUT2D eigenvalue weighted by atomic mass is 16.5.